The highest BCUT2D eigenvalue weighted by molar-refractivity contribution is 5.07. The van der Waals surface area contributed by atoms with Crippen molar-refractivity contribution in [1.29, 1.82) is 5.26 Å². The summed E-state index contributed by atoms with van der Waals surface area (Å²) in [6, 6.07) is 3.03. The van der Waals surface area contributed by atoms with Crippen LogP contribution in [0.4, 0.5) is 0 Å². The zero-order valence-electron chi connectivity index (χ0n) is 11.6. The maximum atomic E-state index is 9.34. The van der Waals surface area contributed by atoms with Gasteiger partial charge in [0.05, 0.1) is 12.2 Å². The number of ether oxygens (including phenoxy) is 1. The minimum absolute atomic E-state index is 0.317. The minimum Gasteiger partial charge on any atom is -0.377 e. The molecule has 102 valence electrons. The van der Waals surface area contributed by atoms with Gasteiger partial charge in [0.1, 0.15) is 5.54 Å². The molecule has 1 aliphatic heterocycles. The van der Waals surface area contributed by atoms with Crippen LogP contribution in [0.15, 0.2) is 0 Å². The van der Waals surface area contributed by atoms with Crippen molar-refractivity contribution in [2.24, 2.45) is 0 Å². The predicted octanol–water partition coefficient (Wildman–Crippen LogP) is 1.52. The Hall–Kier alpha value is -0.630. The normalized spacial score (nSPS) is 29.3. The summed E-state index contributed by atoms with van der Waals surface area (Å²) in [5, 5.41) is 12.8. The van der Waals surface area contributed by atoms with Gasteiger partial charge < -0.3 is 9.64 Å². The molecule has 4 heteroatoms. The fourth-order valence-electron chi connectivity index (χ4n) is 2.50. The van der Waals surface area contributed by atoms with Crippen molar-refractivity contribution in [2.75, 3.05) is 26.2 Å². The summed E-state index contributed by atoms with van der Waals surface area (Å²) in [5.74, 6) is 0. The summed E-state index contributed by atoms with van der Waals surface area (Å²) in [6.07, 6.45) is 4.77. The first-order valence-electron chi connectivity index (χ1n) is 7.14. The standard InChI is InChI=1S/C14H25N3O/c1-12-10-17(7-3-9-18-12)8-6-14(2,11-15)16-13-4-5-13/h12-13,16H,3-10H2,1-2H3. The number of nitriles is 1. The molecule has 0 amide bonds. The SMILES string of the molecule is CC1CN(CCC(C)(C#N)NC2CC2)CCCO1. The Kier molecular flexibility index (Phi) is 4.60. The third-order valence-electron chi connectivity index (χ3n) is 3.81. The van der Waals surface area contributed by atoms with E-state index >= 15 is 0 Å². The second-order valence-electron chi connectivity index (χ2n) is 5.95. The van der Waals surface area contributed by atoms with Crippen LogP contribution in [0.2, 0.25) is 0 Å². The first-order valence-corrected chi connectivity index (χ1v) is 7.14. The molecule has 2 unspecified atom stereocenters. The average molecular weight is 251 g/mol. The molecule has 0 spiro atoms. The smallest absolute Gasteiger partial charge is 0.105 e. The van der Waals surface area contributed by atoms with Crippen LogP contribution in [0, 0.1) is 11.3 Å². The largest absolute Gasteiger partial charge is 0.377 e. The molecule has 2 fully saturated rings. The van der Waals surface area contributed by atoms with Crippen molar-refractivity contribution >= 4 is 0 Å². The molecule has 2 aliphatic rings. The van der Waals surface area contributed by atoms with E-state index in [0.717, 1.165) is 39.1 Å². The molecule has 1 aliphatic carbocycles. The summed E-state index contributed by atoms with van der Waals surface area (Å²) in [4.78, 5) is 2.43. The van der Waals surface area contributed by atoms with Crippen molar-refractivity contribution in [3.05, 3.63) is 0 Å². The molecular weight excluding hydrogens is 226 g/mol. The van der Waals surface area contributed by atoms with E-state index in [1.165, 1.54) is 12.8 Å². The van der Waals surface area contributed by atoms with Gasteiger partial charge in [-0.2, -0.15) is 5.26 Å². The lowest BCUT2D eigenvalue weighted by Gasteiger charge is -2.28. The van der Waals surface area contributed by atoms with Crippen LogP contribution >= 0.6 is 0 Å². The van der Waals surface area contributed by atoms with Gasteiger partial charge in [0, 0.05) is 32.3 Å². The maximum Gasteiger partial charge on any atom is 0.105 e. The molecule has 0 aromatic heterocycles. The van der Waals surface area contributed by atoms with Gasteiger partial charge in [-0.1, -0.05) is 0 Å². The van der Waals surface area contributed by atoms with Crippen molar-refractivity contribution in [1.82, 2.24) is 10.2 Å². The quantitative estimate of drug-likeness (QED) is 0.805. The summed E-state index contributed by atoms with van der Waals surface area (Å²) < 4.78 is 5.64. The zero-order valence-corrected chi connectivity index (χ0v) is 11.6. The van der Waals surface area contributed by atoms with Crippen LogP contribution < -0.4 is 5.32 Å². The molecule has 18 heavy (non-hydrogen) atoms. The van der Waals surface area contributed by atoms with E-state index in [1.54, 1.807) is 0 Å². The van der Waals surface area contributed by atoms with E-state index in [1.807, 2.05) is 6.92 Å². The monoisotopic (exact) mass is 251 g/mol. The summed E-state index contributed by atoms with van der Waals surface area (Å²) >= 11 is 0. The van der Waals surface area contributed by atoms with Gasteiger partial charge in [0.25, 0.3) is 0 Å². The molecule has 0 aromatic rings. The van der Waals surface area contributed by atoms with Crippen LogP contribution in [-0.4, -0.2) is 48.8 Å². The second-order valence-corrected chi connectivity index (χ2v) is 5.95. The van der Waals surface area contributed by atoms with Crippen molar-refractivity contribution in [2.45, 2.75) is 57.2 Å². The Morgan fingerprint density at radius 1 is 1.50 bits per heavy atom. The molecule has 0 bridgehead atoms. The van der Waals surface area contributed by atoms with E-state index in [-0.39, 0.29) is 5.54 Å². The number of hydrogen-bond donors (Lipinski definition) is 1. The van der Waals surface area contributed by atoms with E-state index in [9.17, 15) is 5.26 Å². The first kappa shape index (κ1) is 13.8. The van der Waals surface area contributed by atoms with E-state index in [4.69, 9.17) is 4.74 Å². The van der Waals surface area contributed by atoms with Crippen LogP contribution in [0.25, 0.3) is 0 Å². The van der Waals surface area contributed by atoms with E-state index in [2.05, 4.69) is 23.2 Å². The molecule has 1 heterocycles. The lowest BCUT2D eigenvalue weighted by Crippen LogP contribution is -2.45. The van der Waals surface area contributed by atoms with Gasteiger partial charge in [0.2, 0.25) is 0 Å². The lowest BCUT2D eigenvalue weighted by molar-refractivity contribution is 0.0669. The van der Waals surface area contributed by atoms with Crippen LogP contribution in [-0.2, 0) is 4.74 Å². The third kappa shape index (κ3) is 4.24. The molecule has 1 saturated carbocycles. The number of rotatable bonds is 5. The van der Waals surface area contributed by atoms with Gasteiger partial charge in [-0.05, 0) is 39.5 Å². The van der Waals surface area contributed by atoms with Gasteiger partial charge in [0.15, 0.2) is 0 Å². The third-order valence-corrected chi connectivity index (χ3v) is 3.81. The summed E-state index contributed by atoms with van der Waals surface area (Å²) in [5.41, 5.74) is -0.364. The highest BCUT2D eigenvalue weighted by atomic mass is 16.5. The van der Waals surface area contributed by atoms with E-state index < -0.39 is 0 Å². The number of nitrogens with one attached hydrogen (secondary N) is 1. The van der Waals surface area contributed by atoms with Crippen molar-refractivity contribution in [3.8, 4) is 6.07 Å². The maximum absolute atomic E-state index is 9.34. The Morgan fingerprint density at radius 2 is 2.28 bits per heavy atom. The second kappa shape index (κ2) is 6.01. The molecule has 2 rings (SSSR count). The zero-order chi connectivity index (χ0) is 13.0. The van der Waals surface area contributed by atoms with Crippen molar-refractivity contribution in [3.63, 3.8) is 0 Å². The van der Waals surface area contributed by atoms with Gasteiger partial charge in [-0.25, -0.2) is 0 Å². The molecule has 4 nitrogen and oxygen atoms in total. The van der Waals surface area contributed by atoms with Crippen LogP contribution in [0.3, 0.4) is 0 Å². The Morgan fingerprint density at radius 3 is 2.94 bits per heavy atom. The number of hydrogen-bond acceptors (Lipinski definition) is 4. The highest BCUT2D eigenvalue weighted by Gasteiger charge is 2.32. The van der Waals surface area contributed by atoms with Crippen LogP contribution in [0.5, 0.6) is 0 Å². The van der Waals surface area contributed by atoms with Gasteiger partial charge in [-0.3, -0.25) is 5.32 Å². The first-order chi connectivity index (χ1) is 8.61. The topological polar surface area (TPSA) is 48.3 Å². The molecular formula is C14H25N3O. The number of nitrogens with zero attached hydrogens (tertiary/aromatic N) is 2. The Bertz CT molecular complexity index is 311. The summed E-state index contributed by atoms with van der Waals surface area (Å²) in [6.45, 7) is 8.10. The molecule has 0 aromatic carbocycles. The highest BCUT2D eigenvalue weighted by Crippen LogP contribution is 2.24. The Balaban J connectivity index is 1.79. The summed E-state index contributed by atoms with van der Waals surface area (Å²) in [7, 11) is 0. The predicted molar refractivity (Wildman–Crippen MR) is 71.3 cm³/mol. The van der Waals surface area contributed by atoms with Gasteiger partial charge >= 0.3 is 0 Å². The fourth-order valence-corrected chi connectivity index (χ4v) is 2.50. The lowest BCUT2D eigenvalue weighted by atomic mass is 9.99. The molecule has 2 atom stereocenters. The molecule has 1 saturated heterocycles. The average Bonchev–Trinajstić information content (AvgIpc) is 3.15. The Labute approximate surface area is 110 Å². The molecule has 1 N–H and O–H groups in total. The minimum atomic E-state index is -0.364. The fraction of sp³-hybridized carbons (Fsp3) is 0.929. The van der Waals surface area contributed by atoms with Crippen molar-refractivity contribution < 1.29 is 4.74 Å². The molecule has 0 radical (unpaired) electrons. The van der Waals surface area contributed by atoms with Gasteiger partial charge in [-0.15, -0.1) is 0 Å². The van der Waals surface area contributed by atoms with Crippen LogP contribution in [0.1, 0.15) is 39.5 Å². The van der Waals surface area contributed by atoms with E-state index in [0.29, 0.717) is 12.1 Å².